The fraction of sp³-hybridized carbons (Fsp3) is 0.462. The molecule has 0 aliphatic heterocycles. The standard InChI is InChI=1S/C26H32N4O8/c1-10(29(2)3)25(37)28-14-7-6-11-8-12-9-13-18(30(4)5)21(33)17(24(27)36)23(35)26(13,38)22(34)16(12)20(32)15(11)19(14)31/h6-7,10,12-13,18,31-32,35,38H,8-9H2,1-5H3,(H2,27,36)(H,28,37)/t10?,12?,13?,18-,26-/m0/s1. The maximum absolute atomic E-state index is 13.8. The van der Waals surface area contributed by atoms with Gasteiger partial charge in [0.2, 0.25) is 11.7 Å². The summed E-state index contributed by atoms with van der Waals surface area (Å²) in [7, 11) is 6.51. The summed E-state index contributed by atoms with van der Waals surface area (Å²) in [4.78, 5) is 54.6. The van der Waals surface area contributed by atoms with Crippen LogP contribution in [0.25, 0.3) is 5.76 Å². The number of carbonyl (C=O) groups is 4. The molecule has 1 aromatic carbocycles. The van der Waals surface area contributed by atoms with Gasteiger partial charge in [-0.1, -0.05) is 6.07 Å². The molecule has 1 aromatic rings. The van der Waals surface area contributed by atoms with Crippen molar-refractivity contribution in [2.24, 2.45) is 17.6 Å². The topological polar surface area (TPSA) is 194 Å². The van der Waals surface area contributed by atoms with Crippen LogP contribution in [0.2, 0.25) is 0 Å². The summed E-state index contributed by atoms with van der Waals surface area (Å²) in [6, 6.07) is 1.44. The van der Waals surface area contributed by atoms with Gasteiger partial charge in [-0.2, -0.15) is 0 Å². The molecule has 12 nitrogen and oxygen atoms in total. The molecule has 0 heterocycles. The Balaban J connectivity index is 1.86. The SMILES string of the molecule is CC(C(=O)Nc1ccc2c(c1O)C(O)=C1C(=O)[C@]3(O)C(O)=C(C(N)=O)C(=O)[C@@H](N(C)C)C3CC1C2)N(C)C. The number of Topliss-reactive ketones (excluding diaryl/α,β-unsaturated/α-hetero) is 2. The largest absolute Gasteiger partial charge is 0.508 e. The quantitative estimate of drug-likeness (QED) is 0.221. The summed E-state index contributed by atoms with van der Waals surface area (Å²) in [5.74, 6) is -7.62. The number of hydrogen-bond donors (Lipinski definition) is 6. The van der Waals surface area contributed by atoms with E-state index in [4.69, 9.17) is 5.73 Å². The molecular formula is C26H32N4O8. The molecule has 3 aliphatic rings. The highest BCUT2D eigenvalue weighted by molar-refractivity contribution is 6.24. The number of ketones is 2. The van der Waals surface area contributed by atoms with Crippen LogP contribution in [0.4, 0.5) is 5.69 Å². The van der Waals surface area contributed by atoms with Crippen LogP contribution < -0.4 is 11.1 Å². The Morgan fingerprint density at radius 3 is 2.32 bits per heavy atom. The van der Waals surface area contributed by atoms with Gasteiger partial charge in [-0.15, -0.1) is 0 Å². The lowest BCUT2D eigenvalue weighted by Gasteiger charge is -2.50. The Morgan fingerprint density at radius 1 is 1.13 bits per heavy atom. The van der Waals surface area contributed by atoms with Crippen molar-refractivity contribution in [3.05, 3.63) is 40.2 Å². The number of phenols is 1. The van der Waals surface area contributed by atoms with Crippen molar-refractivity contribution in [1.29, 1.82) is 0 Å². The summed E-state index contributed by atoms with van der Waals surface area (Å²) in [5, 5.41) is 47.4. The number of primary amides is 1. The number of nitrogens with one attached hydrogen (secondary N) is 1. The predicted octanol–water partition coefficient (Wildman–Crippen LogP) is -0.147. The van der Waals surface area contributed by atoms with Crippen molar-refractivity contribution in [1.82, 2.24) is 9.80 Å². The summed E-state index contributed by atoms with van der Waals surface area (Å²) in [5.41, 5.74) is 1.93. The molecule has 1 saturated carbocycles. The van der Waals surface area contributed by atoms with Gasteiger partial charge >= 0.3 is 0 Å². The second-order valence-corrected chi connectivity index (χ2v) is 10.6. The van der Waals surface area contributed by atoms with Gasteiger partial charge in [0.1, 0.15) is 22.8 Å². The number of aliphatic hydroxyl groups is 3. The number of aromatic hydroxyl groups is 1. The van der Waals surface area contributed by atoms with E-state index >= 15 is 0 Å². The van der Waals surface area contributed by atoms with Crippen LogP contribution in [0.5, 0.6) is 5.75 Å². The van der Waals surface area contributed by atoms with Gasteiger partial charge in [0, 0.05) is 11.5 Å². The van der Waals surface area contributed by atoms with Crippen molar-refractivity contribution < 1.29 is 39.6 Å². The maximum Gasteiger partial charge on any atom is 0.255 e. The molecule has 38 heavy (non-hydrogen) atoms. The lowest BCUT2D eigenvalue weighted by Crippen LogP contribution is -2.65. The lowest BCUT2D eigenvalue weighted by molar-refractivity contribution is -0.153. The van der Waals surface area contributed by atoms with E-state index in [0.29, 0.717) is 5.56 Å². The average Bonchev–Trinajstić information content (AvgIpc) is 2.82. The van der Waals surface area contributed by atoms with Crippen LogP contribution in [-0.2, 0) is 25.6 Å². The van der Waals surface area contributed by atoms with Gasteiger partial charge in [-0.25, -0.2) is 0 Å². The summed E-state index contributed by atoms with van der Waals surface area (Å²) in [6.45, 7) is 1.67. The molecule has 5 atom stereocenters. The number of benzene rings is 1. The second kappa shape index (κ2) is 9.22. The summed E-state index contributed by atoms with van der Waals surface area (Å²) >= 11 is 0. The molecule has 4 rings (SSSR count). The number of carbonyl (C=O) groups excluding carboxylic acids is 4. The van der Waals surface area contributed by atoms with Crippen molar-refractivity contribution in [2.45, 2.75) is 37.5 Å². The van der Waals surface area contributed by atoms with E-state index in [1.54, 1.807) is 46.1 Å². The third-order valence-electron chi connectivity index (χ3n) is 8.01. The van der Waals surface area contributed by atoms with Gasteiger partial charge in [-0.3, -0.25) is 29.0 Å². The van der Waals surface area contributed by atoms with Gasteiger partial charge in [-0.05, 0) is 65.5 Å². The van der Waals surface area contributed by atoms with Gasteiger partial charge in [0.15, 0.2) is 11.4 Å². The number of phenolic OH excluding ortho intramolecular Hbond substituents is 1. The third kappa shape index (κ3) is 3.79. The number of fused-ring (bicyclic) bond motifs is 3. The highest BCUT2D eigenvalue weighted by Crippen LogP contribution is 2.53. The fourth-order valence-corrected chi connectivity index (χ4v) is 5.79. The van der Waals surface area contributed by atoms with Crippen LogP contribution in [0, 0.1) is 11.8 Å². The number of likely N-dealkylation sites (N-methyl/N-ethyl adjacent to an activating group) is 2. The molecule has 0 spiro atoms. The first kappa shape index (κ1) is 27.3. The lowest BCUT2D eigenvalue weighted by atomic mass is 9.57. The van der Waals surface area contributed by atoms with E-state index in [9.17, 15) is 39.6 Å². The number of nitrogens with two attached hydrogens (primary N) is 1. The number of nitrogens with zero attached hydrogens (tertiary/aromatic N) is 2. The molecule has 0 radical (unpaired) electrons. The first-order chi connectivity index (χ1) is 17.6. The molecule has 3 aliphatic carbocycles. The molecule has 7 N–H and O–H groups in total. The second-order valence-electron chi connectivity index (χ2n) is 10.6. The molecular weight excluding hydrogens is 496 g/mol. The van der Waals surface area contributed by atoms with Crippen molar-refractivity contribution in [3.63, 3.8) is 0 Å². The van der Waals surface area contributed by atoms with Crippen molar-refractivity contribution in [3.8, 4) is 5.75 Å². The van der Waals surface area contributed by atoms with Crippen LogP contribution in [0.1, 0.15) is 24.5 Å². The minimum atomic E-state index is -2.70. The third-order valence-corrected chi connectivity index (χ3v) is 8.01. The number of amides is 2. The first-order valence-corrected chi connectivity index (χ1v) is 12.1. The zero-order chi connectivity index (χ0) is 28.4. The molecule has 204 valence electrons. The number of anilines is 1. The molecule has 1 fully saturated rings. The van der Waals surface area contributed by atoms with Crippen molar-refractivity contribution in [2.75, 3.05) is 33.5 Å². The molecule has 3 unspecified atom stereocenters. The minimum Gasteiger partial charge on any atom is -0.508 e. The summed E-state index contributed by atoms with van der Waals surface area (Å²) < 4.78 is 0. The number of hydrogen-bond acceptors (Lipinski definition) is 10. The van der Waals surface area contributed by atoms with Gasteiger partial charge < -0.3 is 31.5 Å². The number of aliphatic hydroxyl groups excluding tert-OH is 2. The maximum atomic E-state index is 13.8. The molecule has 12 heteroatoms. The van der Waals surface area contributed by atoms with Gasteiger partial charge in [0.05, 0.1) is 23.3 Å². The van der Waals surface area contributed by atoms with Crippen LogP contribution in [0.15, 0.2) is 29.0 Å². The number of rotatable bonds is 5. The average molecular weight is 529 g/mol. The summed E-state index contributed by atoms with van der Waals surface area (Å²) in [6.07, 6.45) is 0.176. The van der Waals surface area contributed by atoms with E-state index in [0.717, 1.165) is 0 Å². The molecule has 0 bridgehead atoms. The Labute approximate surface area is 219 Å². The van der Waals surface area contributed by atoms with E-state index in [2.05, 4.69) is 5.32 Å². The Kier molecular flexibility index (Phi) is 6.63. The highest BCUT2D eigenvalue weighted by Gasteiger charge is 2.64. The Bertz CT molecular complexity index is 1330. The first-order valence-electron chi connectivity index (χ1n) is 12.1. The minimum absolute atomic E-state index is 0.00532. The van der Waals surface area contributed by atoms with Crippen LogP contribution >= 0.6 is 0 Å². The van der Waals surface area contributed by atoms with Crippen LogP contribution in [0.3, 0.4) is 0 Å². The monoisotopic (exact) mass is 528 g/mol. The molecule has 0 aromatic heterocycles. The fourth-order valence-electron chi connectivity index (χ4n) is 5.79. The Hall–Kier alpha value is -3.74. The molecule has 2 amide bonds. The van der Waals surface area contributed by atoms with E-state index < -0.39 is 75.7 Å². The van der Waals surface area contributed by atoms with Crippen molar-refractivity contribution >= 4 is 34.8 Å². The van der Waals surface area contributed by atoms with Gasteiger partial charge in [0.25, 0.3) is 5.91 Å². The molecule has 0 saturated heterocycles. The Morgan fingerprint density at radius 2 is 1.76 bits per heavy atom. The van der Waals surface area contributed by atoms with E-state index in [1.807, 2.05) is 0 Å². The normalized spacial score (nSPS) is 27.7. The predicted molar refractivity (Wildman–Crippen MR) is 136 cm³/mol. The zero-order valence-corrected chi connectivity index (χ0v) is 21.8. The highest BCUT2D eigenvalue weighted by atomic mass is 16.3. The van der Waals surface area contributed by atoms with Crippen LogP contribution in [-0.4, -0.2) is 99.5 Å². The zero-order valence-electron chi connectivity index (χ0n) is 21.8. The van der Waals surface area contributed by atoms with E-state index in [1.165, 1.54) is 11.0 Å². The van der Waals surface area contributed by atoms with E-state index in [-0.39, 0.29) is 29.7 Å². The smallest absolute Gasteiger partial charge is 0.255 e.